The lowest BCUT2D eigenvalue weighted by Crippen LogP contribution is -2.08. The Bertz CT molecular complexity index is 605. The van der Waals surface area contributed by atoms with E-state index in [9.17, 15) is 0 Å². The molecule has 3 rings (SSSR count). The Kier molecular flexibility index (Phi) is 2.64. The second kappa shape index (κ2) is 4.16. The van der Waals surface area contributed by atoms with E-state index in [2.05, 4.69) is 15.3 Å². The van der Waals surface area contributed by atoms with Crippen LogP contribution >= 0.6 is 23.4 Å². The molecule has 0 saturated heterocycles. The van der Waals surface area contributed by atoms with Gasteiger partial charge in [0.05, 0.1) is 5.02 Å². The Morgan fingerprint density at radius 1 is 1.29 bits per heavy atom. The zero-order chi connectivity index (χ0) is 11.8. The molecule has 0 atom stereocenters. The summed E-state index contributed by atoms with van der Waals surface area (Å²) in [7, 11) is 0. The second-order valence-electron chi connectivity index (χ2n) is 3.72. The van der Waals surface area contributed by atoms with Gasteiger partial charge in [0, 0.05) is 17.0 Å². The van der Waals surface area contributed by atoms with E-state index in [1.807, 2.05) is 31.2 Å². The molecular formula is C11H9ClN4S. The van der Waals surface area contributed by atoms with Crippen LogP contribution in [0.15, 0.2) is 34.5 Å². The third kappa shape index (κ3) is 1.85. The number of aromatic nitrogens is 3. The van der Waals surface area contributed by atoms with E-state index >= 15 is 0 Å². The van der Waals surface area contributed by atoms with E-state index < -0.39 is 0 Å². The van der Waals surface area contributed by atoms with Crippen LogP contribution in [0.4, 0.5) is 0 Å². The topological polar surface area (TPSA) is 43.1 Å². The van der Waals surface area contributed by atoms with Crippen LogP contribution in [0, 0.1) is 0 Å². The third-order valence-corrected chi connectivity index (χ3v) is 3.81. The van der Waals surface area contributed by atoms with Gasteiger partial charge in [0.1, 0.15) is 0 Å². The summed E-state index contributed by atoms with van der Waals surface area (Å²) in [6, 6.07) is 7.58. The quantitative estimate of drug-likeness (QED) is 0.795. The Morgan fingerprint density at radius 2 is 2.12 bits per heavy atom. The number of hydrogen-bond donors (Lipinski definition) is 0. The van der Waals surface area contributed by atoms with Crippen molar-refractivity contribution in [3.8, 4) is 11.4 Å². The van der Waals surface area contributed by atoms with Crippen molar-refractivity contribution >= 4 is 29.1 Å². The molecule has 0 saturated carbocycles. The molecule has 0 aliphatic carbocycles. The van der Waals surface area contributed by atoms with E-state index in [4.69, 9.17) is 11.6 Å². The fourth-order valence-corrected chi connectivity index (χ4v) is 2.59. The second-order valence-corrected chi connectivity index (χ2v) is 5.07. The van der Waals surface area contributed by atoms with Crippen molar-refractivity contribution in [3.05, 3.63) is 29.3 Å². The molecule has 1 aliphatic heterocycles. The molecular weight excluding hydrogens is 256 g/mol. The van der Waals surface area contributed by atoms with Crippen molar-refractivity contribution in [2.24, 2.45) is 5.10 Å². The minimum atomic E-state index is 0.658. The highest BCUT2D eigenvalue weighted by Gasteiger charge is 2.19. The predicted octanol–water partition coefficient (Wildman–Crippen LogP) is 2.93. The first-order valence-corrected chi connectivity index (χ1v) is 6.49. The molecule has 1 aromatic heterocycles. The van der Waals surface area contributed by atoms with Gasteiger partial charge in [-0.05, 0) is 19.1 Å². The van der Waals surface area contributed by atoms with Gasteiger partial charge in [-0.1, -0.05) is 35.5 Å². The summed E-state index contributed by atoms with van der Waals surface area (Å²) in [5.41, 5.74) is 1.91. The highest BCUT2D eigenvalue weighted by atomic mass is 35.5. The smallest absolute Gasteiger partial charge is 0.187 e. The van der Waals surface area contributed by atoms with Gasteiger partial charge in [-0.25, -0.2) is 0 Å². The molecule has 0 N–H and O–H groups in total. The summed E-state index contributed by atoms with van der Waals surface area (Å²) in [6.07, 6.45) is 0. The molecule has 0 fully saturated rings. The Hall–Kier alpha value is -1.33. The van der Waals surface area contributed by atoms with Crippen LogP contribution in [-0.2, 0) is 0 Å². The van der Waals surface area contributed by atoms with Crippen LogP contribution in [0.3, 0.4) is 0 Å². The normalized spacial score (nSPS) is 14.4. The lowest BCUT2D eigenvalue weighted by Gasteiger charge is -2.10. The summed E-state index contributed by atoms with van der Waals surface area (Å²) in [5, 5.41) is 14.2. The molecule has 0 unspecified atom stereocenters. The maximum atomic E-state index is 6.16. The predicted molar refractivity (Wildman–Crippen MR) is 69.7 cm³/mol. The van der Waals surface area contributed by atoms with Crippen molar-refractivity contribution in [2.45, 2.75) is 12.1 Å². The molecule has 0 spiro atoms. The van der Waals surface area contributed by atoms with Gasteiger partial charge < -0.3 is 0 Å². The number of halogens is 1. The number of nitrogens with zero attached hydrogens (tertiary/aromatic N) is 4. The molecule has 17 heavy (non-hydrogen) atoms. The average molecular weight is 265 g/mol. The first kappa shape index (κ1) is 10.8. The van der Waals surface area contributed by atoms with Crippen molar-refractivity contribution in [3.63, 3.8) is 0 Å². The average Bonchev–Trinajstić information content (AvgIpc) is 2.72. The van der Waals surface area contributed by atoms with Crippen LogP contribution in [0.2, 0.25) is 5.02 Å². The minimum absolute atomic E-state index is 0.658. The van der Waals surface area contributed by atoms with Crippen LogP contribution < -0.4 is 0 Å². The third-order valence-electron chi connectivity index (χ3n) is 2.41. The number of thioether (sulfide) groups is 1. The highest BCUT2D eigenvalue weighted by Crippen LogP contribution is 2.30. The molecule has 1 aromatic carbocycles. The van der Waals surface area contributed by atoms with Gasteiger partial charge in [0.2, 0.25) is 5.16 Å². The summed E-state index contributed by atoms with van der Waals surface area (Å²) in [5.74, 6) is 1.55. The van der Waals surface area contributed by atoms with Crippen LogP contribution in [-0.4, -0.2) is 26.3 Å². The number of rotatable bonds is 1. The zero-order valence-electron chi connectivity index (χ0n) is 9.09. The van der Waals surface area contributed by atoms with Crippen molar-refractivity contribution in [1.29, 1.82) is 0 Å². The summed E-state index contributed by atoms with van der Waals surface area (Å²) < 4.78 is 1.75. The molecule has 1 aliphatic rings. The maximum absolute atomic E-state index is 6.16. The molecule has 2 aromatic rings. The lowest BCUT2D eigenvalue weighted by atomic mass is 10.2. The van der Waals surface area contributed by atoms with E-state index in [0.29, 0.717) is 10.8 Å². The van der Waals surface area contributed by atoms with Crippen molar-refractivity contribution < 1.29 is 0 Å². The Morgan fingerprint density at radius 3 is 2.94 bits per heavy atom. The fraction of sp³-hybridized carbons (Fsp3) is 0.182. The molecule has 0 bridgehead atoms. The van der Waals surface area contributed by atoms with Crippen LogP contribution in [0.5, 0.6) is 0 Å². The molecule has 2 heterocycles. The lowest BCUT2D eigenvalue weighted by molar-refractivity contribution is 0.761. The largest absolute Gasteiger partial charge is 0.212 e. The van der Waals surface area contributed by atoms with E-state index in [1.165, 1.54) is 0 Å². The van der Waals surface area contributed by atoms with E-state index in [0.717, 1.165) is 22.2 Å². The molecule has 4 nitrogen and oxygen atoms in total. The fourth-order valence-electron chi connectivity index (χ4n) is 1.62. The summed E-state index contributed by atoms with van der Waals surface area (Å²) in [6.45, 7) is 1.99. The standard InChI is InChI=1S/C11H9ClN4S/c1-7-6-17-11-14-13-10(16(11)15-7)8-4-2-3-5-9(8)12/h2-5H,6H2,1H3. The number of hydrogen-bond acceptors (Lipinski definition) is 4. The van der Waals surface area contributed by atoms with Crippen molar-refractivity contribution in [2.75, 3.05) is 5.75 Å². The van der Waals surface area contributed by atoms with Gasteiger partial charge in [-0.15, -0.1) is 10.2 Å². The van der Waals surface area contributed by atoms with E-state index in [-0.39, 0.29) is 0 Å². The van der Waals surface area contributed by atoms with Gasteiger partial charge >= 0.3 is 0 Å². The van der Waals surface area contributed by atoms with Crippen LogP contribution in [0.25, 0.3) is 11.4 Å². The molecule has 86 valence electrons. The van der Waals surface area contributed by atoms with Crippen molar-refractivity contribution in [1.82, 2.24) is 14.9 Å². The molecule has 0 amide bonds. The number of benzene rings is 1. The number of fused-ring (bicyclic) bond motifs is 1. The first-order valence-electron chi connectivity index (χ1n) is 5.13. The van der Waals surface area contributed by atoms with Gasteiger partial charge in [-0.3, -0.25) is 0 Å². The highest BCUT2D eigenvalue weighted by molar-refractivity contribution is 7.99. The van der Waals surface area contributed by atoms with Gasteiger partial charge in [-0.2, -0.15) is 9.78 Å². The first-order chi connectivity index (χ1) is 8.25. The Labute approximate surface area is 108 Å². The zero-order valence-corrected chi connectivity index (χ0v) is 10.7. The van der Waals surface area contributed by atoms with E-state index in [1.54, 1.807) is 16.4 Å². The summed E-state index contributed by atoms with van der Waals surface area (Å²) in [4.78, 5) is 0. The summed E-state index contributed by atoms with van der Waals surface area (Å²) >= 11 is 7.79. The molecule has 0 radical (unpaired) electrons. The monoisotopic (exact) mass is 264 g/mol. The van der Waals surface area contributed by atoms with Gasteiger partial charge in [0.15, 0.2) is 5.82 Å². The van der Waals surface area contributed by atoms with Gasteiger partial charge in [0.25, 0.3) is 0 Å². The SMILES string of the molecule is CC1=Nn2c(nnc2-c2ccccc2Cl)SC1. The van der Waals surface area contributed by atoms with Crippen LogP contribution in [0.1, 0.15) is 6.92 Å². The molecule has 6 heteroatoms. The minimum Gasteiger partial charge on any atom is -0.187 e. The Balaban J connectivity index is 2.19. The maximum Gasteiger partial charge on any atom is 0.212 e.